The van der Waals surface area contributed by atoms with E-state index in [4.69, 9.17) is 9.78 Å². The van der Waals surface area contributed by atoms with E-state index in [9.17, 15) is 14.9 Å². The largest absolute Gasteiger partial charge is 0.360 e. The van der Waals surface area contributed by atoms with Gasteiger partial charge in [0, 0.05) is 12.3 Å². The highest BCUT2D eigenvalue weighted by Gasteiger charge is 2.25. The van der Waals surface area contributed by atoms with Crippen LogP contribution in [0.1, 0.15) is 20.8 Å². The molecule has 0 radical (unpaired) electrons. The summed E-state index contributed by atoms with van der Waals surface area (Å²) in [5.74, 6) is -0.404. The van der Waals surface area contributed by atoms with Gasteiger partial charge in [0.25, 0.3) is 5.69 Å². The Hall–Kier alpha value is -2.70. The molecule has 7 heteroatoms. The number of fused-ring (bicyclic) bond motifs is 1. The number of benzene rings is 1. The smallest absolute Gasteiger partial charge is 0.285 e. The van der Waals surface area contributed by atoms with Gasteiger partial charge in [0.1, 0.15) is 5.52 Å². The van der Waals surface area contributed by atoms with Gasteiger partial charge in [-0.05, 0) is 39.0 Å². The molecular weight excluding hydrogens is 276 g/mol. The van der Waals surface area contributed by atoms with Crippen molar-refractivity contribution in [2.24, 2.45) is 5.41 Å². The highest BCUT2D eigenvalue weighted by molar-refractivity contribution is 5.92. The lowest BCUT2D eigenvalue weighted by Crippen LogP contribution is -2.24. The molecule has 1 aromatic carbocycles. The van der Waals surface area contributed by atoms with E-state index in [0.717, 1.165) is 0 Å². The van der Waals surface area contributed by atoms with Gasteiger partial charge in [-0.15, -0.1) is 0 Å². The van der Waals surface area contributed by atoms with Gasteiger partial charge < -0.3 is 0 Å². The molecule has 0 unspecified atom stereocenters. The number of rotatable bonds is 3. The van der Waals surface area contributed by atoms with Crippen molar-refractivity contribution in [1.29, 1.82) is 0 Å². The van der Waals surface area contributed by atoms with Crippen molar-refractivity contribution in [3.05, 3.63) is 40.6 Å². The van der Waals surface area contributed by atoms with E-state index in [1.807, 2.05) is 0 Å². The van der Waals surface area contributed by atoms with Crippen LogP contribution in [0.2, 0.25) is 0 Å². The summed E-state index contributed by atoms with van der Waals surface area (Å²) in [5.41, 5.74) is -0.551. The highest BCUT2D eigenvalue weighted by atomic mass is 17.2. The monoisotopic (exact) mass is 290 g/mol. The van der Waals surface area contributed by atoms with Crippen molar-refractivity contribution in [1.82, 2.24) is 4.98 Å². The van der Waals surface area contributed by atoms with Crippen LogP contribution in [0, 0.1) is 15.5 Å². The van der Waals surface area contributed by atoms with E-state index >= 15 is 0 Å². The molecule has 0 aliphatic heterocycles. The van der Waals surface area contributed by atoms with E-state index in [1.165, 1.54) is 18.3 Å². The Morgan fingerprint density at radius 3 is 2.62 bits per heavy atom. The first-order valence-corrected chi connectivity index (χ1v) is 6.22. The predicted octanol–water partition coefficient (Wildman–Crippen LogP) is 3.03. The zero-order chi connectivity index (χ0) is 15.6. The summed E-state index contributed by atoms with van der Waals surface area (Å²) in [7, 11) is 0. The summed E-state index contributed by atoms with van der Waals surface area (Å²) in [4.78, 5) is 35.9. The quantitative estimate of drug-likeness (QED) is 0.490. The summed E-state index contributed by atoms with van der Waals surface area (Å²) in [5, 5.41) is 11.3. The lowest BCUT2D eigenvalue weighted by molar-refractivity contribution is -0.383. The molecule has 21 heavy (non-hydrogen) atoms. The molecule has 1 aromatic heterocycles. The number of nitro benzene ring substituents is 1. The van der Waals surface area contributed by atoms with E-state index in [-0.39, 0.29) is 17.0 Å². The van der Waals surface area contributed by atoms with E-state index < -0.39 is 16.3 Å². The Labute approximate surface area is 120 Å². The maximum atomic E-state index is 11.7. The molecular formula is C14H14N2O5. The first-order valence-electron chi connectivity index (χ1n) is 6.22. The molecule has 0 amide bonds. The van der Waals surface area contributed by atoms with Crippen LogP contribution >= 0.6 is 0 Å². The zero-order valence-electron chi connectivity index (χ0n) is 11.8. The van der Waals surface area contributed by atoms with Gasteiger partial charge in [-0.3, -0.25) is 20.0 Å². The van der Waals surface area contributed by atoms with Crippen LogP contribution in [-0.2, 0) is 9.68 Å². The minimum Gasteiger partial charge on any atom is -0.285 e. The van der Waals surface area contributed by atoms with E-state index in [2.05, 4.69) is 4.98 Å². The SMILES string of the molecule is CC(C)(C)C(=O)OOc1ccc([N+](=O)[O-])c2cccnc12. The fourth-order valence-electron chi connectivity index (χ4n) is 1.57. The number of carbonyl (C=O) groups is 1. The molecule has 1 heterocycles. The van der Waals surface area contributed by atoms with Crippen LogP contribution in [0.5, 0.6) is 5.75 Å². The van der Waals surface area contributed by atoms with Crippen molar-refractivity contribution >= 4 is 22.6 Å². The second-order valence-corrected chi connectivity index (χ2v) is 5.44. The number of hydrogen-bond acceptors (Lipinski definition) is 6. The number of pyridine rings is 1. The topological polar surface area (TPSA) is 91.6 Å². The van der Waals surface area contributed by atoms with Gasteiger partial charge in [0.05, 0.1) is 15.7 Å². The Morgan fingerprint density at radius 2 is 2.00 bits per heavy atom. The molecule has 0 spiro atoms. The summed E-state index contributed by atoms with van der Waals surface area (Å²) >= 11 is 0. The third-order valence-electron chi connectivity index (χ3n) is 2.73. The fourth-order valence-corrected chi connectivity index (χ4v) is 1.57. The van der Waals surface area contributed by atoms with Gasteiger partial charge in [-0.25, -0.2) is 9.68 Å². The predicted molar refractivity (Wildman–Crippen MR) is 74.6 cm³/mol. The molecule has 0 fully saturated rings. The molecule has 0 saturated heterocycles. The summed E-state index contributed by atoms with van der Waals surface area (Å²) in [6.07, 6.45) is 1.48. The summed E-state index contributed by atoms with van der Waals surface area (Å²) in [6, 6.07) is 5.77. The molecule has 0 N–H and O–H groups in total. The van der Waals surface area contributed by atoms with Gasteiger partial charge >= 0.3 is 5.97 Å². The molecule has 0 atom stereocenters. The van der Waals surface area contributed by atoms with Crippen LogP contribution in [0.15, 0.2) is 30.5 Å². The molecule has 2 aromatic rings. The van der Waals surface area contributed by atoms with Crippen LogP contribution in [0.25, 0.3) is 10.9 Å². The van der Waals surface area contributed by atoms with Crippen molar-refractivity contribution in [3.63, 3.8) is 0 Å². The van der Waals surface area contributed by atoms with Crippen molar-refractivity contribution in [2.45, 2.75) is 20.8 Å². The fraction of sp³-hybridized carbons (Fsp3) is 0.286. The molecule has 0 aliphatic carbocycles. The van der Waals surface area contributed by atoms with Gasteiger partial charge in [0.15, 0.2) is 0 Å². The van der Waals surface area contributed by atoms with Gasteiger partial charge in [0.2, 0.25) is 5.75 Å². The number of carbonyl (C=O) groups excluding carboxylic acids is 1. The zero-order valence-corrected chi connectivity index (χ0v) is 11.8. The molecule has 2 rings (SSSR count). The highest BCUT2D eigenvalue weighted by Crippen LogP contribution is 2.31. The minimum absolute atomic E-state index is 0.0902. The molecule has 0 aliphatic rings. The second-order valence-electron chi connectivity index (χ2n) is 5.44. The molecule has 0 bridgehead atoms. The third kappa shape index (κ3) is 3.07. The Balaban J connectivity index is 2.36. The van der Waals surface area contributed by atoms with E-state index in [0.29, 0.717) is 5.39 Å². The standard InChI is InChI=1S/C14H14N2O5/c1-14(2,3)13(17)21-20-11-7-6-10(16(18)19)9-5-4-8-15-12(9)11/h4-8H,1-3H3. The lowest BCUT2D eigenvalue weighted by atomic mass is 9.98. The van der Waals surface area contributed by atoms with Crippen LogP contribution in [-0.4, -0.2) is 15.9 Å². The Bertz CT molecular complexity index is 706. The molecule has 0 saturated carbocycles. The number of non-ortho nitro benzene ring substituents is 1. The van der Waals surface area contributed by atoms with Gasteiger partial charge in [-0.2, -0.15) is 0 Å². The Morgan fingerprint density at radius 1 is 1.29 bits per heavy atom. The number of nitrogens with zero attached hydrogens (tertiary/aromatic N) is 2. The molecule has 7 nitrogen and oxygen atoms in total. The minimum atomic E-state index is -0.718. The number of hydrogen-bond donors (Lipinski definition) is 0. The van der Waals surface area contributed by atoms with Crippen LogP contribution < -0.4 is 4.89 Å². The van der Waals surface area contributed by atoms with Crippen molar-refractivity contribution < 1.29 is 19.5 Å². The number of aromatic nitrogens is 1. The van der Waals surface area contributed by atoms with E-state index in [1.54, 1.807) is 32.9 Å². The average molecular weight is 290 g/mol. The lowest BCUT2D eigenvalue weighted by Gasteiger charge is -2.15. The average Bonchev–Trinajstić information content (AvgIpc) is 2.42. The maximum absolute atomic E-state index is 11.7. The maximum Gasteiger partial charge on any atom is 0.360 e. The third-order valence-corrected chi connectivity index (χ3v) is 2.73. The summed E-state index contributed by atoms with van der Waals surface area (Å²) < 4.78 is 0. The normalized spacial score (nSPS) is 11.2. The van der Waals surface area contributed by atoms with Crippen molar-refractivity contribution in [3.8, 4) is 5.75 Å². The first kappa shape index (κ1) is 14.7. The van der Waals surface area contributed by atoms with Crippen LogP contribution in [0.4, 0.5) is 5.69 Å². The Kier molecular flexibility index (Phi) is 3.75. The first-order chi connectivity index (χ1) is 9.80. The van der Waals surface area contributed by atoms with Crippen molar-refractivity contribution in [2.75, 3.05) is 0 Å². The second kappa shape index (κ2) is 5.35. The number of nitro groups is 1. The van der Waals surface area contributed by atoms with Crippen LogP contribution in [0.3, 0.4) is 0 Å². The van der Waals surface area contributed by atoms with Gasteiger partial charge in [-0.1, -0.05) is 0 Å². The molecule has 110 valence electrons. The summed E-state index contributed by atoms with van der Waals surface area (Å²) in [6.45, 7) is 5.06.